The van der Waals surface area contributed by atoms with Crippen molar-refractivity contribution in [1.29, 1.82) is 0 Å². The summed E-state index contributed by atoms with van der Waals surface area (Å²) < 4.78 is 2.33. The topological polar surface area (TPSA) is 30.9 Å². The van der Waals surface area contributed by atoms with Gasteiger partial charge in [-0.15, -0.1) is 0 Å². The summed E-state index contributed by atoms with van der Waals surface area (Å²) in [6.07, 6.45) is 3.19. The number of fused-ring (bicyclic) bond motifs is 1. The number of benzene rings is 2. The Labute approximate surface area is 119 Å². The van der Waals surface area contributed by atoms with Gasteiger partial charge in [0.05, 0.1) is 0 Å². The van der Waals surface area contributed by atoms with Crippen molar-refractivity contribution in [3.8, 4) is 0 Å². The average Bonchev–Trinajstić information content (AvgIpc) is 2.78. The predicted octanol–water partition coefficient (Wildman–Crippen LogP) is 3.50. The van der Waals surface area contributed by atoms with Crippen molar-refractivity contribution < 1.29 is 0 Å². The van der Waals surface area contributed by atoms with Gasteiger partial charge in [-0.25, -0.2) is 0 Å². The van der Waals surface area contributed by atoms with Crippen LogP contribution in [0.4, 0.5) is 0 Å². The molecule has 0 atom stereocenters. The van der Waals surface area contributed by atoms with Crippen LogP contribution in [-0.4, -0.2) is 11.1 Å². The highest BCUT2D eigenvalue weighted by atomic mass is 15.0. The molecule has 3 aromatic rings. The molecular weight excluding hydrogens is 244 g/mol. The summed E-state index contributed by atoms with van der Waals surface area (Å²) in [5.41, 5.74) is 11.0. The first-order valence-corrected chi connectivity index (χ1v) is 7.10. The van der Waals surface area contributed by atoms with Gasteiger partial charge < -0.3 is 10.3 Å². The second-order valence-corrected chi connectivity index (χ2v) is 5.33. The molecule has 0 spiro atoms. The lowest BCUT2D eigenvalue weighted by molar-refractivity contribution is 0.827. The molecule has 102 valence electrons. The molecule has 2 heteroatoms. The van der Waals surface area contributed by atoms with Crippen molar-refractivity contribution in [2.75, 3.05) is 6.54 Å². The summed E-state index contributed by atoms with van der Waals surface area (Å²) in [6.45, 7) is 3.74. The minimum absolute atomic E-state index is 0.693. The molecule has 2 aromatic carbocycles. The first-order chi connectivity index (χ1) is 9.78. The SMILES string of the molecule is Cc1ccc2c(c1)c(CCN)cn2Cc1ccccc1. The van der Waals surface area contributed by atoms with E-state index in [1.807, 2.05) is 0 Å². The van der Waals surface area contributed by atoms with Crippen LogP contribution in [0.5, 0.6) is 0 Å². The second kappa shape index (κ2) is 5.51. The average molecular weight is 264 g/mol. The third-order valence-electron chi connectivity index (χ3n) is 3.73. The van der Waals surface area contributed by atoms with Crippen LogP contribution >= 0.6 is 0 Å². The molecule has 0 aliphatic heterocycles. The van der Waals surface area contributed by atoms with Crippen LogP contribution in [0.3, 0.4) is 0 Å². The Hall–Kier alpha value is -2.06. The zero-order valence-corrected chi connectivity index (χ0v) is 11.8. The number of rotatable bonds is 4. The zero-order valence-electron chi connectivity index (χ0n) is 11.8. The lowest BCUT2D eigenvalue weighted by Crippen LogP contribution is -2.02. The maximum atomic E-state index is 5.74. The summed E-state index contributed by atoms with van der Waals surface area (Å²) in [5.74, 6) is 0. The molecule has 0 saturated carbocycles. The van der Waals surface area contributed by atoms with E-state index in [2.05, 4.69) is 66.2 Å². The lowest BCUT2D eigenvalue weighted by Gasteiger charge is -2.05. The maximum absolute atomic E-state index is 5.74. The van der Waals surface area contributed by atoms with Gasteiger partial charge in [0, 0.05) is 23.6 Å². The van der Waals surface area contributed by atoms with E-state index in [9.17, 15) is 0 Å². The highest BCUT2D eigenvalue weighted by molar-refractivity contribution is 5.84. The fourth-order valence-electron chi connectivity index (χ4n) is 2.75. The number of aryl methyl sites for hydroxylation is 1. The Morgan fingerprint density at radius 2 is 1.85 bits per heavy atom. The summed E-state index contributed by atoms with van der Waals surface area (Å²) in [5, 5.41) is 1.34. The summed E-state index contributed by atoms with van der Waals surface area (Å²) in [7, 11) is 0. The summed E-state index contributed by atoms with van der Waals surface area (Å²) in [6, 6.07) is 17.2. The van der Waals surface area contributed by atoms with Gasteiger partial charge in [0.2, 0.25) is 0 Å². The molecule has 0 saturated heterocycles. The predicted molar refractivity (Wildman–Crippen MR) is 85.0 cm³/mol. The molecule has 0 aliphatic rings. The Bertz CT molecular complexity index is 711. The van der Waals surface area contributed by atoms with Gasteiger partial charge in [0.1, 0.15) is 0 Å². The minimum atomic E-state index is 0.693. The molecule has 20 heavy (non-hydrogen) atoms. The van der Waals surface area contributed by atoms with Gasteiger partial charge in [-0.05, 0) is 43.1 Å². The van der Waals surface area contributed by atoms with E-state index in [4.69, 9.17) is 5.73 Å². The van der Waals surface area contributed by atoms with Crippen molar-refractivity contribution >= 4 is 10.9 Å². The van der Waals surface area contributed by atoms with Gasteiger partial charge in [0.15, 0.2) is 0 Å². The first-order valence-electron chi connectivity index (χ1n) is 7.10. The number of hydrogen-bond donors (Lipinski definition) is 1. The number of nitrogens with two attached hydrogens (primary N) is 1. The van der Waals surface area contributed by atoms with Crippen molar-refractivity contribution in [3.63, 3.8) is 0 Å². The van der Waals surface area contributed by atoms with E-state index in [0.29, 0.717) is 6.54 Å². The van der Waals surface area contributed by atoms with Crippen LogP contribution in [0.2, 0.25) is 0 Å². The quantitative estimate of drug-likeness (QED) is 0.768. The van der Waals surface area contributed by atoms with E-state index in [1.54, 1.807) is 0 Å². The Morgan fingerprint density at radius 3 is 2.60 bits per heavy atom. The van der Waals surface area contributed by atoms with E-state index >= 15 is 0 Å². The molecule has 0 aliphatic carbocycles. The van der Waals surface area contributed by atoms with Crippen molar-refractivity contribution in [3.05, 3.63) is 71.4 Å². The lowest BCUT2D eigenvalue weighted by atomic mass is 10.1. The van der Waals surface area contributed by atoms with Gasteiger partial charge >= 0.3 is 0 Å². The van der Waals surface area contributed by atoms with E-state index in [1.165, 1.54) is 27.6 Å². The van der Waals surface area contributed by atoms with Crippen molar-refractivity contribution in [1.82, 2.24) is 4.57 Å². The molecule has 0 fully saturated rings. The Morgan fingerprint density at radius 1 is 1.05 bits per heavy atom. The molecule has 2 N–H and O–H groups in total. The molecule has 0 radical (unpaired) electrons. The maximum Gasteiger partial charge on any atom is 0.0486 e. The fourth-order valence-corrected chi connectivity index (χ4v) is 2.75. The van der Waals surface area contributed by atoms with E-state index in [-0.39, 0.29) is 0 Å². The molecule has 1 heterocycles. The third-order valence-corrected chi connectivity index (χ3v) is 3.73. The summed E-state index contributed by atoms with van der Waals surface area (Å²) in [4.78, 5) is 0. The van der Waals surface area contributed by atoms with Crippen LogP contribution in [0.1, 0.15) is 16.7 Å². The molecular formula is C18H20N2. The van der Waals surface area contributed by atoms with Gasteiger partial charge in [-0.1, -0.05) is 42.0 Å². The van der Waals surface area contributed by atoms with Crippen LogP contribution in [0, 0.1) is 6.92 Å². The monoisotopic (exact) mass is 264 g/mol. The Kier molecular flexibility index (Phi) is 3.57. The zero-order chi connectivity index (χ0) is 13.9. The number of aromatic nitrogens is 1. The molecule has 3 rings (SSSR count). The highest BCUT2D eigenvalue weighted by Crippen LogP contribution is 2.24. The normalized spacial score (nSPS) is 11.1. The largest absolute Gasteiger partial charge is 0.343 e. The number of hydrogen-bond acceptors (Lipinski definition) is 1. The van der Waals surface area contributed by atoms with Crippen molar-refractivity contribution in [2.24, 2.45) is 5.73 Å². The summed E-state index contributed by atoms with van der Waals surface area (Å²) >= 11 is 0. The van der Waals surface area contributed by atoms with Gasteiger partial charge in [-0.3, -0.25) is 0 Å². The van der Waals surface area contributed by atoms with Crippen molar-refractivity contribution in [2.45, 2.75) is 19.9 Å². The smallest absolute Gasteiger partial charge is 0.0486 e. The standard InChI is InChI=1S/C18H20N2/c1-14-7-8-18-17(11-14)16(9-10-19)13-20(18)12-15-5-3-2-4-6-15/h2-8,11,13H,9-10,12,19H2,1H3. The highest BCUT2D eigenvalue weighted by Gasteiger charge is 2.08. The molecule has 1 aromatic heterocycles. The molecule has 0 unspecified atom stereocenters. The van der Waals surface area contributed by atoms with Gasteiger partial charge in [0.25, 0.3) is 0 Å². The Balaban J connectivity index is 2.06. The second-order valence-electron chi connectivity index (χ2n) is 5.33. The van der Waals surface area contributed by atoms with Gasteiger partial charge in [-0.2, -0.15) is 0 Å². The molecule has 0 amide bonds. The van der Waals surface area contributed by atoms with E-state index < -0.39 is 0 Å². The molecule has 0 bridgehead atoms. The fraction of sp³-hybridized carbons (Fsp3) is 0.222. The third kappa shape index (κ3) is 2.47. The number of nitrogens with zero attached hydrogens (tertiary/aromatic N) is 1. The van der Waals surface area contributed by atoms with Crippen LogP contribution in [0.15, 0.2) is 54.7 Å². The minimum Gasteiger partial charge on any atom is -0.343 e. The van der Waals surface area contributed by atoms with Crippen LogP contribution in [-0.2, 0) is 13.0 Å². The van der Waals surface area contributed by atoms with E-state index in [0.717, 1.165) is 13.0 Å². The van der Waals surface area contributed by atoms with Crippen LogP contribution < -0.4 is 5.73 Å². The van der Waals surface area contributed by atoms with Crippen LogP contribution in [0.25, 0.3) is 10.9 Å². The first kappa shape index (κ1) is 12.9. The molecule has 2 nitrogen and oxygen atoms in total.